The summed E-state index contributed by atoms with van der Waals surface area (Å²) in [6.45, 7) is 5.49. The topological polar surface area (TPSA) is 55.4 Å². The van der Waals surface area contributed by atoms with Gasteiger partial charge < -0.3 is 10.1 Å². The summed E-state index contributed by atoms with van der Waals surface area (Å²) in [7, 11) is 0. The molecule has 0 saturated carbocycles. The Morgan fingerprint density at radius 2 is 1.75 bits per heavy atom. The van der Waals surface area contributed by atoms with Crippen molar-refractivity contribution in [3.8, 4) is 0 Å². The Bertz CT molecular complexity index is 741. The van der Waals surface area contributed by atoms with E-state index in [-0.39, 0.29) is 18.6 Å². The second-order valence-electron chi connectivity index (χ2n) is 5.72. The van der Waals surface area contributed by atoms with E-state index >= 15 is 0 Å². The molecule has 0 saturated heterocycles. The summed E-state index contributed by atoms with van der Waals surface area (Å²) in [6, 6.07) is 12.8. The molecule has 1 amide bonds. The molecule has 2 aromatic rings. The van der Waals surface area contributed by atoms with Crippen LogP contribution in [0.4, 0.5) is 0 Å². The highest BCUT2D eigenvalue weighted by Crippen LogP contribution is 2.16. The van der Waals surface area contributed by atoms with Gasteiger partial charge in [0.2, 0.25) is 0 Å². The van der Waals surface area contributed by atoms with Crippen molar-refractivity contribution in [3.63, 3.8) is 0 Å². The van der Waals surface area contributed by atoms with Gasteiger partial charge in [0.1, 0.15) is 0 Å². The van der Waals surface area contributed by atoms with Crippen molar-refractivity contribution in [2.45, 2.75) is 26.8 Å². The summed E-state index contributed by atoms with van der Waals surface area (Å²) >= 11 is 3.37. The molecule has 126 valence electrons. The van der Waals surface area contributed by atoms with Crippen LogP contribution in [-0.4, -0.2) is 18.5 Å². The standard InChI is InChI=1S/C19H20BrNO3/c1-12-4-5-16(10-13(12)2)19(23)24-11-18(22)21-14(3)15-6-8-17(20)9-7-15/h4-10,14H,11H2,1-3H3,(H,21,22)/t14-/m1/s1. The molecule has 0 bridgehead atoms. The summed E-state index contributed by atoms with van der Waals surface area (Å²) in [4.78, 5) is 24.0. The predicted molar refractivity (Wildman–Crippen MR) is 96.9 cm³/mol. The van der Waals surface area contributed by atoms with E-state index in [4.69, 9.17) is 4.74 Å². The first-order valence-corrected chi connectivity index (χ1v) is 8.45. The number of ether oxygens (including phenoxy) is 1. The Morgan fingerprint density at radius 1 is 1.08 bits per heavy atom. The molecule has 24 heavy (non-hydrogen) atoms. The second kappa shape index (κ2) is 8.11. The van der Waals surface area contributed by atoms with Crippen LogP contribution in [0.2, 0.25) is 0 Å². The zero-order chi connectivity index (χ0) is 17.7. The highest BCUT2D eigenvalue weighted by Gasteiger charge is 2.13. The van der Waals surface area contributed by atoms with Gasteiger partial charge in [0.25, 0.3) is 5.91 Å². The zero-order valence-electron chi connectivity index (χ0n) is 13.9. The van der Waals surface area contributed by atoms with Crippen molar-refractivity contribution < 1.29 is 14.3 Å². The minimum absolute atomic E-state index is 0.161. The number of rotatable bonds is 5. The van der Waals surface area contributed by atoms with Gasteiger partial charge in [-0.3, -0.25) is 4.79 Å². The fourth-order valence-electron chi connectivity index (χ4n) is 2.20. The third-order valence-electron chi connectivity index (χ3n) is 3.82. The Morgan fingerprint density at radius 3 is 2.38 bits per heavy atom. The quantitative estimate of drug-likeness (QED) is 0.783. The number of hydrogen-bond acceptors (Lipinski definition) is 3. The molecule has 1 atom stereocenters. The van der Waals surface area contributed by atoms with Gasteiger partial charge in [-0.1, -0.05) is 34.1 Å². The van der Waals surface area contributed by atoms with Gasteiger partial charge in [-0.25, -0.2) is 4.79 Å². The number of hydrogen-bond donors (Lipinski definition) is 1. The molecule has 1 N–H and O–H groups in total. The molecule has 0 aliphatic rings. The molecular weight excluding hydrogens is 370 g/mol. The van der Waals surface area contributed by atoms with Crippen molar-refractivity contribution in [3.05, 3.63) is 69.2 Å². The fourth-order valence-corrected chi connectivity index (χ4v) is 2.47. The average Bonchev–Trinajstić information content (AvgIpc) is 2.55. The lowest BCUT2D eigenvalue weighted by atomic mass is 10.1. The maximum atomic E-state index is 12.0. The number of esters is 1. The Hall–Kier alpha value is -2.14. The summed E-state index contributed by atoms with van der Waals surface area (Å²) in [5.74, 6) is -0.827. The van der Waals surface area contributed by atoms with Gasteiger partial charge >= 0.3 is 5.97 Å². The molecule has 0 spiro atoms. The molecule has 0 radical (unpaired) electrons. The van der Waals surface area contributed by atoms with Gasteiger partial charge in [0.15, 0.2) is 6.61 Å². The van der Waals surface area contributed by atoms with Gasteiger partial charge in [-0.15, -0.1) is 0 Å². The van der Waals surface area contributed by atoms with Crippen molar-refractivity contribution >= 4 is 27.8 Å². The van der Waals surface area contributed by atoms with Crippen LogP contribution in [0, 0.1) is 13.8 Å². The van der Waals surface area contributed by atoms with Crippen LogP contribution >= 0.6 is 15.9 Å². The third-order valence-corrected chi connectivity index (χ3v) is 4.35. The van der Waals surface area contributed by atoms with Gasteiger partial charge in [0.05, 0.1) is 11.6 Å². The van der Waals surface area contributed by atoms with Gasteiger partial charge in [-0.2, -0.15) is 0 Å². The number of nitrogens with one attached hydrogen (secondary N) is 1. The van der Waals surface area contributed by atoms with Crippen LogP contribution in [0.25, 0.3) is 0 Å². The molecule has 0 fully saturated rings. The Balaban J connectivity index is 1.87. The van der Waals surface area contributed by atoms with Gasteiger partial charge in [-0.05, 0) is 61.7 Å². The first kappa shape index (κ1) is 18.2. The van der Waals surface area contributed by atoms with Crippen LogP contribution in [-0.2, 0) is 9.53 Å². The monoisotopic (exact) mass is 389 g/mol. The second-order valence-corrected chi connectivity index (χ2v) is 6.63. The highest BCUT2D eigenvalue weighted by atomic mass is 79.9. The maximum absolute atomic E-state index is 12.0. The number of carbonyl (C=O) groups is 2. The summed E-state index contributed by atoms with van der Waals surface area (Å²) in [5.41, 5.74) is 3.55. The summed E-state index contributed by atoms with van der Waals surface area (Å²) in [5, 5.41) is 2.81. The minimum Gasteiger partial charge on any atom is -0.452 e. The third kappa shape index (κ3) is 4.93. The van der Waals surface area contributed by atoms with Crippen LogP contribution in [0.1, 0.15) is 40.0 Å². The lowest BCUT2D eigenvalue weighted by Gasteiger charge is -2.14. The first-order chi connectivity index (χ1) is 11.4. The smallest absolute Gasteiger partial charge is 0.338 e. The Labute approximate surface area is 150 Å². The number of halogens is 1. The van der Waals surface area contributed by atoms with Crippen LogP contribution in [0.5, 0.6) is 0 Å². The van der Waals surface area contributed by atoms with E-state index in [1.165, 1.54) is 0 Å². The number of carbonyl (C=O) groups excluding carboxylic acids is 2. The molecule has 0 heterocycles. The van der Waals surface area contributed by atoms with Gasteiger partial charge in [0, 0.05) is 4.47 Å². The van der Waals surface area contributed by atoms with E-state index in [1.807, 2.05) is 51.1 Å². The van der Waals surface area contributed by atoms with Crippen molar-refractivity contribution in [1.82, 2.24) is 5.32 Å². The molecule has 0 unspecified atom stereocenters. The molecule has 4 nitrogen and oxygen atoms in total. The molecule has 0 aromatic heterocycles. The lowest BCUT2D eigenvalue weighted by molar-refractivity contribution is -0.124. The van der Waals surface area contributed by atoms with E-state index < -0.39 is 5.97 Å². The largest absolute Gasteiger partial charge is 0.452 e. The van der Waals surface area contributed by atoms with Crippen molar-refractivity contribution in [2.24, 2.45) is 0 Å². The highest BCUT2D eigenvalue weighted by molar-refractivity contribution is 9.10. The maximum Gasteiger partial charge on any atom is 0.338 e. The molecule has 0 aliphatic carbocycles. The SMILES string of the molecule is Cc1ccc(C(=O)OCC(=O)N[C@H](C)c2ccc(Br)cc2)cc1C. The van der Waals surface area contributed by atoms with Crippen molar-refractivity contribution in [2.75, 3.05) is 6.61 Å². The normalized spacial score (nSPS) is 11.7. The molecule has 0 aliphatic heterocycles. The zero-order valence-corrected chi connectivity index (χ0v) is 15.5. The van der Waals surface area contributed by atoms with E-state index in [9.17, 15) is 9.59 Å². The minimum atomic E-state index is -0.496. The molecule has 5 heteroatoms. The Kier molecular flexibility index (Phi) is 6.15. The first-order valence-electron chi connectivity index (χ1n) is 7.66. The van der Waals surface area contributed by atoms with Crippen LogP contribution in [0.15, 0.2) is 46.9 Å². The average molecular weight is 390 g/mol. The molecular formula is C19H20BrNO3. The van der Waals surface area contributed by atoms with Crippen LogP contribution in [0.3, 0.4) is 0 Å². The fraction of sp³-hybridized carbons (Fsp3) is 0.263. The van der Waals surface area contributed by atoms with E-state index in [2.05, 4.69) is 21.2 Å². The molecule has 2 aromatic carbocycles. The predicted octanol–water partition coefficient (Wildman–Crippen LogP) is 4.10. The van der Waals surface area contributed by atoms with E-state index in [0.29, 0.717) is 5.56 Å². The summed E-state index contributed by atoms with van der Waals surface area (Å²) in [6.07, 6.45) is 0. The summed E-state index contributed by atoms with van der Waals surface area (Å²) < 4.78 is 6.06. The number of benzene rings is 2. The van der Waals surface area contributed by atoms with Crippen molar-refractivity contribution in [1.29, 1.82) is 0 Å². The van der Waals surface area contributed by atoms with E-state index in [0.717, 1.165) is 21.2 Å². The lowest BCUT2D eigenvalue weighted by Crippen LogP contribution is -2.31. The number of amides is 1. The molecule has 2 rings (SSSR count). The van der Waals surface area contributed by atoms with E-state index in [1.54, 1.807) is 12.1 Å². The number of aryl methyl sites for hydroxylation is 2. The van der Waals surface area contributed by atoms with Crippen LogP contribution < -0.4 is 5.32 Å².